The molecule has 0 spiro atoms. The minimum Gasteiger partial charge on any atom is -1.00 e. The molecular weight excluding hydrogens is 90.0 g/mol. The molecule has 0 heterocycles. The number of carboxylic acid groups (broad SMARTS) is 1. The van der Waals surface area contributed by atoms with E-state index < -0.39 is 0 Å². The molecule has 0 fully saturated rings. The Balaban J connectivity index is -0.00000000333. The summed E-state index contributed by atoms with van der Waals surface area (Å²) in [6.45, 7) is -0.250. The van der Waals surface area contributed by atoms with Crippen LogP contribution in [0.2, 0.25) is 0 Å². The number of hydrogen-bond donors (Lipinski definition) is 1. The van der Waals surface area contributed by atoms with Crippen molar-refractivity contribution in [1.82, 2.24) is 0 Å². The first-order valence-electron chi connectivity index (χ1n) is 0.494. The predicted octanol–water partition coefficient (Wildman–Crippen LogP) is -6.07. The van der Waals surface area contributed by atoms with Gasteiger partial charge in [-0.05, 0) is 0 Å². The Labute approximate surface area is 77.5 Å². The van der Waals surface area contributed by atoms with Crippen LogP contribution in [0.3, 0.4) is 0 Å². The maximum atomic E-state index is 8.36. The molecule has 0 unspecified atom stereocenters. The molecule has 1 N–H and O–H groups in total. The summed E-state index contributed by atoms with van der Waals surface area (Å²) in [5, 5.41) is 6.89. The quantitative estimate of drug-likeness (QED) is 0.239. The summed E-state index contributed by atoms with van der Waals surface area (Å²) in [4.78, 5) is 8.36. The third-order valence-electron chi connectivity index (χ3n) is 0. The first-order chi connectivity index (χ1) is 1.41. The van der Waals surface area contributed by atoms with E-state index in [-0.39, 0.29) is 68.4 Å². The smallest absolute Gasteiger partial charge is 1.00 e. The summed E-state index contributed by atoms with van der Waals surface area (Å²) in [6.07, 6.45) is 0. The number of rotatable bonds is 0. The average molecular weight is 94.0 g/mol. The van der Waals surface area contributed by atoms with Gasteiger partial charge in [0, 0.05) is 0 Å². The second-order valence-electron chi connectivity index (χ2n) is 0.105. The van der Waals surface area contributed by atoms with Crippen molar-refractivity contribution in [1.29, 1.82) is 0 Å². The second-order valence-corrected chi connectivity index (χ2v) is 0.105. The molecule has 5 heavy (non-hydrogen) atoms. The summed E-state index contributed by atoms with van der Waals surface area (Å²) in [5.41, 5.74) is 0. The van der Waals surface area contributed by atoms with Crippen LogP contribution in [-0.2, 0) is 4.79 Å². The molecule has 0 aliphatic heterocycles. The van der Waals surface area contributed by atoms with Gasteiger partial charge in [0.1, 0.15) is 0 Å². The van der Waals surface area contributed by atoms with Crippen LogP contribution >= 0.6 is 0 Å². The third-order valence-corrected chi connectivity index (χ3v) is 0. The normalized spacial score (nSPS) is 2.40. The zero-order chi connectivity index (χ0) is 2.71. The van der Waals surface area contributed by atoms with E-state index in [1.165, 1.54) is 0 Å². The zero-order valence-corrected chi connectivity index (χ0v) is 7.43. The molecule has 0 saturated heterocycles. The number of hydrogen-bond acceptors (Lipinski definition) is 1. The molecular formula is CH4Na2O2. The molecule has 0 radical (unpaired) electrons. The van der Waals surface area contributed by atoms with Gasteiger partial charge in [-0.3, -0.25) is 4.79 Å². The minimum atomic E-state index is -0.250. The molecule has 0 rings (SSSR count). The largest absolute Gasteiger partial charge is 1.00 e. The Kier molecular flexibility index (Phi) is 57.6. The van der Waals surface area contributed by atoms with E-state index in [9.17, 15) is 0 Å². The fraction of sp³-hybridized carbons (Fsp3) is 0. The molecule has 0 amide bonds. The van der Waals surface area contributed by atoms with Gasteiger partial charge in [0.15, 0.2) is 0 Å². The molecule has 2 nitrogen and oxygen atoms in total. The van der Waals surface area contributed by atoms with E-state index in [1.807, 2.05) is 0 Å². The minimum absolute atomic E-state index is 0. The molecule has 0 aliphatic rings. The van der Waals surface area contributed by atoms with E-state index in [4.69, 9.17) is 9.90 Å². The van der Waals surface area contributed by atoms with Crippen molar-refractivity contribution in [2.24, 2.45) is 0 Å². The van der Waals surface area contributed by atoms with Gasteiger partial charge in [-0.25, -0.2) is 0 Å². The van der Waals surface area contributed by atoms with Crippen LogP contribution in [0.4, 0.5) is 0 Å². The van der Waals surface area contributed by atoms with Gasteiger partial charge in [0.2, 0.25) is 0 Å². The average Bonchev–Trinajstić information content (AvgIpc) is 0.918. The first kappa shape index (κ1) is 16.1. The number of carbonyl (C=O) groups is 1. The molecule has 22 valence electrons. The van der Waals surface area contributed by atoms with Crippen molar-refractivity contribution >= 4 is 6.47 Å². The van der Waals surface area contributed by atoms with Crippen LogP contribution in [0.15, 0.2) is 0 Å². The summed E-state index contributed by atoms with van der Waals surface area (Å²) in [7, 11) is 0. The SMILES string of the molecule is O=CO.[H-].[H-].[Na+].[Na+]. The van der Waals surface area contributed by atoms with E-state index in [0.29, 0.717) is 0 Å². The standard InChI is InChI=1S/CH2O2.2Na.2H/c2-1-3;;;;/h1H,(H,2,3);;;;/q;2*+1;2*-1. The monoisotopic (exact) mass is 94.0 g/mol. The van der Waals surface area contributed by atoms with Gasteiger partial charge in [-0.1, -0.05) is 0 Å². The van der Waals surface area contributed by atoms with Crippen LogP contribution in [0.1, 0.15) is 2.85 Å². The Morgan fingerprint density at radius 3 is 1.60 bits per heavy atom. The zero-order valence-electron chi connectivity index (χ0n) is 5.43. The van der Waals surface area contributed by atoms with E-state index in [2.05, 4.69) is 0 Å². The topological polar surface area (TPSA) is 37.3 Å². The third kappa shape index (κ3) is 30.5. The fourth-order valence-electron chi connectivity index (χ4n) is 0. The summed E-state index contributed by atoms with van der Waals surface area (Å²) >= 11 is 0. The maximum absolute atomic E-state index is 8.36. The van der Waals surface area contributed by atoms with Gasteiger partial charge >= 0.3 is 59.1 Å². The summed E-state index contributed by atoms with van der Waals surface area (Å²) < 4.78 is 0. The Morgan fingerprint density at radius 2 is 1.60 bits per heavy atom. The fourth-order valence-corrected chi connectivity index (χ4v) is 0. The second kappa shape index (κ2) is 17.9. The molecule has 0 aliphatic carbocycles. The van der Waals surface area contributed by atoms with Crippen LogP contribution in [0.5, 0.6) is 0 Å². The van der Waals surface area contributed by atoms with Crippen LogP contribution in [-0.4, -0.2) is 11.6 Å². The van der Waals surface area contributed by atoms with Crippen molar-refractivity contribution in [2.75, 3.05) is 0 Å². The van der Waals surface area contributed by atoms with Crippen molar-refractivity contribution in [3.05, 3.63) is 0 Å². The van der Waals surface area contributed by atoms with Crippen molar-refractivity contribution in [3.63, 3.8) is 0 Å². The van der Waals surface area contributed by atoms with E-state index in [0.717, 1.165) is 0 Å². The van der Waals surface area contributed by atoms with Gasteiger partial charge in [-0.2, -0.15) is 0 Å². The Morgan fingerprint density at radius 1 is 1.60 bits per heavy atom. The van der Waals surface area contributed by atoms with E-state index in [1.54, 1.807) is 0 Å². The Hall–Kier alpha value is 1.47. The molecule has 0 aromatic heterocycles. The van der Waals surface area contributed by atoms with Crippen molar-refractivity contribution in [2.45, 2.75) is 0 Å². The molecule has 0 aromatic carbocycles. The predicted molar refractivity (Wildman–Crippen MR) is 10.9 cm³/mol. The maximum Gasteiger partial charge on any atom is 1.00 e. The van der Waals surface area contributed by atoms with E-state index >= 15 is 0 Å². The van der Waals surface area contributed by atoms with Crippen LogP contribution < -0.4 is 59.1 Å². The van der Waals surface area contributed by atoms with Gasteiger partial charge in [0.25, 0.3) is 6.47 Å². The van der Waals surface area contributed by atoms with Crippen LogP contribution in [0, 0.1) is 0 Å². The molecule has 0 aromatic rings. The van der Waals surface area contributed by atoms with Gasteiger partial charge in [0.05, 0.1) is 0 Å². The van der Waals surface area contributed by atoms with Gasteiger partial charge < -0.3 is 7.96 Å². The molecule has 0 bridgehead atoms. The van der Waals surface area contributed by atoms with Crippen molar-refractivity contribution in [3.8, 4) is 0 Å². The van der Waals surface area contributed by atoms with Crippen LogP contribution in [0.25, 0.3) is 0 Å². The summed E-state index contributed by atoms with van der Waals surface area (Å²) in [5.74, 6) is 0. The molecule has 0 atom stereocenters. The summed E-state index contributed by atoms with van der Waals surface area (Å²) in [6, 6.07) is 0. The Bertz CT molecular complexity index is 21.2. The molecule has 0 saturated carbocycles. The van der Waals surface area contributed by atoms with Crippen molar-refractivity contribution < 1.29 is 71.9 Å². The van der Waals surface area contributed by atoms with Gasteiger partial charge in [-0.15, -0.1) is 0 Å². The first-order valence-corrected chi connectivity index (χ1v) is 0.494. The molecule has 4 heteroatoms.